The standard InChI is InChI=1S/C13H18BrN3O2/c1-2-9-8-19-6-5-17(9)10-3-4-11(12(14)7-10)13(15)16-18/h3-4,7,9,18H,2,5-6,8H2,1H3,(H2,15,16). The van der Waals surface area contributed by atoms with Gasteiger partial charge in [-0.3, -0.25) is 0 Å². The molecule has 1 aliphatic rings. The zero-order valence-electron chi connectivity index (χ0n) is 10.8. The topological polar surface area (TPSA) is 71.1 Å². The van der Waals surface area contributed by atoms with Crippen molar-refractivity contribution in [2.24, 2.45) is 10.9 Å². The number of amidine groups is 1. The lowest BCUT2D eigenvalue weighted by molar-refractivity contribution is 0.0930. The molecule has 1 aromatic carbocycles. The van der Waals surface area contributed by atoms with E-state index in [1.807, 2.05) is 18.2 Å². The number of benzene rings is 1. The summed E-state index contributed by atoms with van der Waals surface area (Å²) in [6.45, 7) is 4.55. The van der Waals surface area contributed by atoms with Gasteiger partial charge >= 0.3 is 0 Å². The summed E-state index contributed by atoms with van der Waals surface area (Å²) in [6.07, 6.45) is 1.04. The second-order valence-electron chi connectivity index (χ2n) is 4.48. The van der Waals surface area contributed by atoms with Gasteiger partial charge in [0.25, 0.3) is 0 Å². The average Bonchev–Trinajstić information content (AvgIpc) is 2.46. The molecule has 1 atom stereocenters. The van der Waals surface area contributed by atoms with Crippen LogP contribution in [0.1, 0.15) is 18.9 Å². The summed E-state index contributed by atoms with van der Waals surface area (Å²) in [5.41, 5.74) is 7.42. The summed E-state index contributed by atoms with van der Waals surface area (Å²) in [7, 11) is 0. The molecule has 1 saturated heterocycles. The van der Waals surface area contributed by atoms with Crippen molar-refractivity contribution < 1.29 is 9.94 Å². The van der Waals surface area contributed by atoms with Crippen LogP contribution in [0.3, 0.4) is 0 Å². The second kappa shape index (κ2) is 6.25. The van der Waals surface area contributed by atoms with Gasteiger partial charge in [0.05, 0.1) is 19.3 Å². The van der Waals surface area contributed by atoms with Crippen LogP contribution in [0, 0.1) is 0 Å². The number of halogens is 1. The van der Waals surface area contributed by atoms with Crippen LogP contribution in [0.15, 0.2) is 27.8 Å². The Morgan fingerprint density at radius 2 is 2.42 bits per heavy atom. The molecule has 6 heteroatoms. The molecule has 0 amide bonds. The van der Waals surface area contributed by atoms with Crippen LogP contribution in [0.25, 0.3) is 0 Å². The summed E-state index contributed by atoms with van der Waals surface area (Å²) in [5, 5.41) is 11.7. The van der Waals surface area contributed by atoms with E-state index >= 15 is 0 Å². The van der Waals surface area contributed by atoms with Gasteiger partial charge in [-0.1, -0.05) is 12.1 Å². The quantitative estimate of drug-likeness (QED) is 0.386. The van der Waals surface area contributed by atoms with E-state index in [1.54, 1.807) is 0 Å². The molecular formula is C13H18BrN3O2. The Morgan fingerprint density at radius 3 is 3.05 bits per heavy atom. The van der Waals surface area contributed by atoms with Crippen molar-refractivity contribution in [2.45, 2.75) is 19.4 Å². The predicted octanol–water partition coefficient (Wildman–Crippen LogP) is 2.16. The maximum atomic E-state index is 8.73. The first-order chi connectivity index (χ1) is 9.17. The SMILES string of the molecule is CCC1COCCN1c1ccc(/C(N)=N/O)c(Br)c1. The van der Waals surface area contributed by atoms with E-state index in [0.717, 1.165) is 36.3 Å². The highest BCUT2D eigenvalue weighted by atomic mass is 79.9. The summed E-state index contributed by atoms with van der Waals surface area (Å²) >= 11 is 3.47. The number of hydrogen-bond acceptors (Lipinski definition) is 4. The van der Waals surface area contributed by atoms with Crippen molar-refractivity contribution in [1.29, 1.82) is 0 Å². The number of oxime groups is 1. The Morgan fingerprint density at radius 1 is 1.63 bits per heavy atom. The van der Waals surface area contributed by atoms with E-state index in [2.05, 4.69) is 32.9 Å². The molecule has 2 rings (SSSR count). The van der Waals surface area contributed by atoms with Crippen LogP contribution in [0.4, 0.5) is 5.69 Å². The maximum absolute atomic E-state index is 8.73. The lowest BCUT2D eigenvalue weighted by Gasteiger charge is -2.37. The zero-order chi connectivity index (χ0) is 13.8. The molecule has 0 bridgehead atoms. The van der Waals surface area contributed by atoms with Gasteiger partial charge in [-0.25, -0.2) is 0 Å². The van der Waals surface area contributed by atoms with Gasteiger partial charge in [0.1, 0.15) is 0 Å². The number of nitrogens with zero attached hydrogens (tertiary/aromatic N) is 2. The second-order valence-corrected chi connectivity index (χ2v) is 5.33. The highest BCUT2D eigenvalue weighted by Gasteiger charge is 2.22. The van der Waals surface area contributed by atoms with Crippen LogP contribution in [-0.4, -0.2) is 36.8 Å². The number of anilines is 1. The van der Waals surface area contributed by atoms with E-state index < -0.39 is 0 Å². The molecule has 19 heavy (non-hydrogen) atoms. The lowest BCUT2D eigenvalue weighted by Crippen LogP contribution is -2.45. The van der Waals surface area contributed by atoms with Crippen LogP contribution < -0.4 is 10.6 Å². The molecule has 1 aliphatic heterocycles. The van der Waals surface area contributed by atoms with E-state index in [1.165, 1.54) is 0 Å². The van der Waals surface area contributed by atoms with Crippen molar-refractivity contribution in [2.75, 3.05) is 24.7 Å². The first-order valence-corrected chi connectivity index (χ1v) is 7.08. The van der Waals surface area contributed by atoms with Crippen LogP contribution in [0.2, 0.25) is 0 Å². The van der Waals surface area contributed by atoms with Crippen molar-refractivity contribution in [3.63, 3.8) is 0 Å². The number of hydrogen-bond donors (Lipinski definition) is 2. The first-order valence-electron chi connectivity index (χ1n) is 6.29. The number of nitrogens with two attached hydrogens (primary N) is 1. The molecule has 5 nitrogen and oxygen atoms in total. The minimum atomic E-state index is 0.104. The van der Waals surface area contributed by atoms with Gasteiger partial charge in [0.2, 0.25) is 0 Å². The fourth-order valence-corrected chi connectivity index (χ4v) is 2.85. The minimum absolute atomic E-state index is 0.104. The molecule has 0 spiro atoms. The molecule has 0 aromatic heterocycles. The summed E-state index contributed by atoms with van der Waals surface area (Å²) in [5.74, 6) is 0.104. The summed E-state index contributed by atoms with van der Waals surface area (Å²) < 4.78 is 6.33. The van der Waals surface area contributed by atoms with Gasteiger partial charge in [0.15, 0.2) is 5.84 Å². The third kappa shape index (κ3) is 3.01. The number of ether oxygens (including phenoxy) is 1. The third-order valence-electron chi connectivity index (χ3n) is 3.37. The summed E-state index contributed by atoms with van der Waals surface area (Å²) in [4.78, 5) is 2.34. The van der Waals surface area contributed by atoms with Crippen LogP contribution >= 0.6 is 15.9 Å². The molecule has 1 unspecified atom stereocenters. The fourth-order valence-electron chi connectivity index (χ4n) is 2.28. The molecule has 0 radical (unpaired) electrons. The Balaban J connectivity index is 2.28. The van der Waals surface area contributed by atoms with Crippen molar-refractivity contribution in [3.8, 4) is 0 Å². The molecule has 104 valence electrons. The number of rotatable bonds is 3. The van der Waals surface area contributed by atoms with Gasteiger partial charge < -0.3 is 20.6 Å². The highest BCUT2D eigenvalue weighted by Crippen LogP contribution is 2.27. The lowest BCUT2D eigenvalue weighted by atomic mass is 10.1. The van der Waals surface area contributed by atoms with Crippen LogP contribution in [-0.2, 0) is 4.74 Å². The van der Waals surface area contributed by atoms with E-state index in [4.69, 9.17) is 15.7 Å². The molecule has 0 saturated carbocycles. The molecule has 1 aromatic rings. The van der Waals surface area contributed by atoms with E-state index in [0.29, 0.717) is 11.6 Å². The predicted molar refractivity (Wildman–Crippen MR) is 78.9 cm³/mol. The minimum Gasteiger partial charge on any atom is -0.409 e. The van der Waals surface area contributed by atoms with Gasteiger partial charge in [-0.2, -0.15) is 0 Å². The molecular weight excluding hydrogens is 310 g/mol. The van der Waals surface area contributed by atoms with Crippen molar-refractivity contribution >= 4 is 27.5 Å². The van der Waals surface area contributed by atoms with Gasteiger partial charge in [-0.05, 0) is 40.5 Å². The van der Waals surface area contributed by atoms with E-state index in [-0.39, 0.29) is 5.84 Å². The Bertz CT molecular complexity index is 479. The Hall–Kier alpha value is -1.27. The Labute approximate surface area is 121 Å². The molecule has 0 aliphatic carbocycles. The van der Waals surface area contributed by atoms with E-state index in [9.17, 15) is 0 Å². The maximum Gasteiger partial charge on any atom is 0.171 e. The highest BCUT2D eigenvalue weighted by molar-refractivity contribution is 9.10. The first kappa shape index (κ1) is 14.1. The molecule has 3 N–H and O–H groups in total. The normalized spacial score (nSPS) is 20.6. The third-order valence-corrected chi connectivity index (χ3v) is 4.02. The smallest absolute Gasteiger partial charge is 0.171 e. The average molecular weight is 328 g/mol. The van der Waals surface area contributed by atoms with Gasteiger partial charge in [0, 0.05) is 22.3 Å². The zero-order valence-corrected chi connectivity index (χ0v) is 12.4. The largest absolute Gasteiger partial charge is 0.409 e. The van der Waals surface area contributed by atoms with Crippen LogP contribution in [0.5, 0.6) is 0 Å². The van der Waals surface area contributed by atoms with Gasteiger partial charge in [-0.15, -0.1) is 0 Å². The molecule has 1 fully saturated rings. The van der Waals surface area contributed by atoms with Crippen molar-refractivity contribution in [1.82, 2.24) is 0 Å². The Kier molecular flexibility index (Phi) is 4.66. The molecule has 1 heterocycles. The summed E-state index contributed by atoms with van der Waals surface area (Å²) in [6, 6.07) is 6.25. The fraction of sp³-hybridized carbons (Fsp3) is 0.462. The monoisotopic (exact) mass is 327 g/mol. The van der Waals surface area contributed by atoms with Crippen molar-refractivity contribution in [3.05, 3.63) is 28.2 Å². The number of morpholine rings is 1.